The Morgan fingerprint density at radius 3 is 2.56 bits per heavy atom. The van der Waals surface area contributed by atoms with Gasteiger partial charge in [0, 0.05) is 20.1 Å². The van der Waals surface area contributed by atoms with Crippen molar-refractivity contribution in [1.82, 2.24) is 5.32 Å². The van der Waals surface area contributed by atoms with Crippen molar-refractivity contribution >= 4 is 12.1 Å². The smallest absolute Gasteiger partial charge is 0.408 e. The maximum Gasteiger partial charge on any atom is 0.408 e. The van der Waals surface area contributed by atoms with Gasteiger partial charge in [-0.25, -0.2) is 9.59 Å². The monoisotopic (exact) mass is 234 g/mol. The minimum atomic E-state index is -1.16. The molecule has 0 fully saturated rings. The quantitative estimate of drug-likeness (QED) is 0.693. The third kappa shape index (κ3) is 7.05. The van der Waals surface area contributed by atoms with E-state index in [4.69, 9.17) is 16.0 Å². The van der Waals surface area contributed by atoms with Gasteiger partial charge < -0.3 is 19.9 Å². The van der Waals surface area contributed by atoms with Crippen LogP contribution in [-0.4, -0.2) is 42.5 Å². The van der Waals surface area contributed by atoms with E-state index >= 15 is 0 Å². The van der Waals surface area contributed by atoms with Crippen LogP contribution >= 0.6 is 0 Å². The summed E-state index contributed by atoms with van der Waals surface area (Å²) in [7, 11) is -0.237. The third-order valence-electron chi connectivity index (χ3n) is 1.54. The van der Waals surface area contributed by atoms with Crippen LogP contribution in [0.25, 0.3) is 0 Å². The van der Waals surface area contributed by atoms with Crippen LogP contribution < -0.4 is 5.32 Å². The molecule has 0 saturated heterocycles. The Labute approximate surface area is 96.3 Å². The number of carbonyl (C=O) groups is 2. The van der Waals surface area contributed by atoms with Gasteiger partial charge in [0.15, 0.2) is 0 Å². The second kappa shape index (κ2) is 6.32. The lowest BCUT2D eigenvalue weighted by Crippen LogP contribution is -2.44. The van der Waals surface area contributed by atoms with E-state index in [-0.39, 0.29) is 20.1 Å². The van der Waals surface area contributed by atoms with Crippen molar-refractivity contribution in [2.75, 3.05) is 13.7 Å². The van der Waals surface area contributed by atoms with Gasteiger partial charge in [0.1, 0.15) is 11.6 Å². The molecule has 16 heavy (non-hydrogen) atoms. The Morgan fingerprint density at radius 2 is 2.12 bits per heavy atom. The number of nitrogens with one attached hydrogen (secondary N) is 1. The molecule has 0 rings (SSSR count). The van der Waals surface area contributed by atoms with Crippen LogP contribution in [0.4, 0.5) is 4.79 Å². The molecule has 1 amide bonds. The van der Waals surface area contributed by atoms with Crippen LogP contribution in [0.2, 0.25) is 0 Å². The molecule has 0 spiro atoms. The first kappa shape index (κ1) is 12.8. The zero-order valence-electron chi connectivity index (χ0n) is 10.8. The van der Waals surface area contributed by atoms with Crippen molar-refractivity contribution in [3.05, 3.63) is 0 Å². The maximum absolute atomic E-state index is 11.3. The fourth-order valence-electron chi connectivity index (χ4n) is 0.908. The molecule has 0 heterocycles. The van der Waals surface area contributed by atoms with Gasteiger partial charge in [0.05, 0.1) is 1.37 Å². The molecule has 6 nitrogen and oxygen atoms in total. The Kier molecular flexibility index (Phi) is 5.04. The van der Waals surface area contributed by atoms with Crippen molar-refractivity contribution in [2.45, 2.75) is 38.8 Å². The highest BCUT2D eigenvalue weighted by Gasteiger charge is 2.23. The minimum absolute atomic E-state index is 0.0907. The molecule has 0 aromatic rings. The Morgan fingerprint density at radius 1 is 1.50 bits per heavy atom. The molecule has 0 aliphatic heterocycles. The van der Waals surface area contributed by atoms with Gasteiger partial charge in [0.25, 0.3) is 0 Å². The summed E-state index contributed by atoms with van der Waals surface area (Å²) in [6.45, 7) is 5.15. The van der Waals surface area contributed by atoms with E-state index < -0.39 is 23.7 Å². The van der Waals surface area contributed by atoms with Gasteiger partial charge >= 0.3 is 12.1 Å². The molecule has 0 aliphatic carbocycles. The number of ether oxygens (including phenoxy) is 2. The lowest BCUT2D eigenvalue weighted by atomic mass is 10.2. The number of hydrogen-bond acceptors (Lipinski definition) is 4. The highest BCUT2D eigenvalue weighted by molar-refractivity contribution is 5.79. The first-order chi connectivity index (χ1) is 7.76. The van der Waals surface area contributed by atoms with Crippen molar-refractivity contribution in [1.29, 1.82) is 0 Å². The molecule has 0 saturated carbocycles. The summed E-state index contributed by atoms with van der Waals surface area (Å²) in [5.41, 5.74) is -0.676. The highest BCUT2D eigenvalue weighted by atomic mass is 16.6. The highest BCUT2D eigenvalue weighted by Crippen LogP contribution is 2.07. The molecule has 0 aliphatic rings. The molecular weight excluding hydrogens is 214 g/mol. The van der Waals surface area contributed by atoms with Crippen LogP contribution in [-0.2, 0) is 14.3 Å². The topological polar surface area (TPSA) is 84.9 Å². The number of hydrogen-bond donors (Lipinski definition) is 2. The van der Waals surface area contributed by atoms with Crippen molar-refractivity contribution in [3.63, 3.8) is 0 Å². The first-order valence-corrected chi connectivity index (χ1v) is 4.85. The molecule has 1 atom stereocenters. The first-order valence-electron chi connectivity index (χ1n) is 5.56. The van der Waals surface area contributed by atoms with Gasteiger partial charge in [-0.2, -0.15) is 0 Å². The minimum Gasteiger partial charge on any atom is -0.480 e. The van der Waals surface area contributed by atoms with E-state index in [2.05, 4.69) is 5.32 Å². The summed E-state index contributed by atoms with van der Waals surface area (Å²) in [5.74, 6) is -1.16. The number of rotatable bonds is 5. The predicted octanol–water partition coefficient (Wildman–Crippen LogP) is 1.00. The van der Waals surface area contributed by atoms with Crippen LogP contribution in [0.1, 0.15) is 28.6 Å². The Bertz CT molecular complexity index is 264. The zero-order valence-corrected chi connectivity index (χ0v) is 9.78. The van der Waals surface area contributed by atoms with Gasteiger partial charge in [0.2, 0.25) is 0 Å². The van der Waals surface area contributed by atoms with E-state index in [9.17, 15) is 9.59 Å². The van der Waals surface area contributed by atoms with Crippen molar-refractivity contribution in [2.24, 2.45) is 0 Å². The van der Waals surface area contributed by atoms with Gasteiger partial charge in [-0.15, -0.1) is 0 Å². The van der Waals surface area contributed by atoms with Gasteiger partial charge in [-0.05, 0) is 20.8 Å². The van der Waals surface area contributed by atoms with E-state index in [0.717, 1.165) is 0 Å². The summed E-state index contributed by atoms with van der Waals surface area (Å²) in [4.78, 5) is 22.2. The number of carboxylic acid groups (broad SMARTS) is 1. The lowest BCUT2D eigenvalue weighted by Gasteiger charge is -2.21. The fourth-order valence-corrected chi connectivity index (χ4v) is 0.908. The predicted molar refractivity (Wildman–Crippen MR) is 57.3 cm³/mol. The molecular formula is C10H19NO5. The lowest BCUT2D eigenvalue weighted by molar-refractivity contribution is -0.140. The van der Waals surface area contributed by atoms with E-state index in [1.54, 1.807) is 20.8 Å². The Hall–Kier alpha value is -1.30. The van der Waals surface area contributed by atoms with E-state index in [1.165, 1.54) is 0 Å². The molecule has 94 valence electrons. The summed E-state index contributed by atoms with van der Waals surface area (Å²) >= 11 is 0. The summed E-state index contributed by atoms with van der Waals surface area (Å²) in [6, 6.07) is -1.07. The van der Waals surface area contributed by atoms with Crippen LogP contribution in [0.15, 0.2) is 0 Å². The van der Waals surface area contributed by atoms with E-state index in [0.29, 0.717) is 0 Å². The number of aliphatic carboxylic acids is 1. The van der Waals surface area contributed by atoms with Crippen LogP contribution in [0.3, 0.4) is 0 Å². The molecule has 0 bridgehead atoms. The summed E-state index contributed by atoms with van der Waals surface area (Å²) < 4.78 is 16.4. The fraction of sp³-hybridized carbons (Fsp3) is 0.800. The van der Waals surface area contributed by atoms with Gasteiger partial charge in [-0.3, -0.25) is 0 Å². The molecule has 0 aromatic heterocycles. The standard InChI is InChI=1S/C10H19NO5/c1-10(2,3)16-9(14)11-7(8(12)13)5-6-15-4/h7H,5-6H2,1-4H3,(H,11,14)(H,12,13)/t7-/m0/s1/i4D. The Balaban J connectivity index is 4.16. The molecule has 6 heteroatoms. The largest absolute Gasteiger partial charge is 0.480 e. The van der Waals surface area contributed by atoms with Crippen LogP contribution in [0.5, 0.6) is 0 Å². The van der Waals surface area contributed by atoms with E-state index in [1.807, 2.05) is 0 Å². The molecule has 0 aromatic carbocycles. The SMILES string of the molecule is [2H]COCC[C@H](NC(=O)OC(C)(C)C)C(=O)O. The molecule has 0 unspecified atom stereocenters. The number of amides is 1. The van der Waals surface area contributed by atoms with Crippen molar-refractivity contribution in [3.8, 4) is 0 Å². The number of alkyl carbamates (subject to hydrolysis) is 1. The third-order valence-corrected chi connectivity index (χ3v) is 1.54. The average Bonchev–Trinajstić information content (AvgIpc) is 2.13. The molecule has 2 N–H and O–H groups in total. The van der Waals surface area contributed by atoms with Crippen molar-refractivity contribution < 1.29 is 25.5 Å². The molecule has 0 radical (unpaired) electrons. The normalized spacial score (nSPS) is 13.8. The second-order valence-electron chi connectivity index (χ2n) is 4.23. The maximum atomic E-state index is 11.3. The summed E-state index contributed by atoms with van der Waals surface area (Å²) in [5, 5.41) is 11.1. The van der Waals surface area contributed by atoms with Gasteiger partial charge in [-0.1, -0.05) is 0 Å². The number of methoxy groups -OCH3 is 1. The summed E-state index contributed by atoms with van der Waals surface area (Å²) in [6.07, 6.45) is -0.691. The number of carbonyl (C=O) groups excluding carboxylic acids is 1. The second-order valence-corrected chi connectivity index (χ2v) is 4.23. The van der Waals surface area contributed by atoms with Crippen LogP contribution in [0, 0.1) is 0 Å². The average molecular weight is 234 g/mol. The zero-order chi connectivity index (χ0) is 13.5. The number of carboxylic acids is 1.